The van der Waals surface area contributed by atoms with E-state index in [4.69, 9.17) is 23.8 Å². The topological polar surface area (TPSA) is 35.5 Å². The SMILES string of the molecule is Oc1ccc2ccccc2c1C1c2ccccc2CCN1C(=S)Nc1ccc(Cl)cc1. The number of hydrogen-bond donors (Lipinski definition) is 2. The summed E-state index contributed by atoms with van der Waals surface area (Å²) in [6, 6.07) is 27.6. The number of phenolic OH excluding ortho intramolecular Hbond substituents is 1. The fourth-order valence-electron chi connectivity index (χ4n) is 4.40. The van der Waals surface area contributed by atoms with Gasteiger partial charge >= 0.3 is 0 Å². The molecule has 2 N–H and O–H groups in total. The van der Waals surface area contributed by atoms with Crippen molar-refractivity contribution in [3.63, 3.8) is 0 Å². The Balaban J connectivity index is 1.63. The van der Waals surface area contributed by atoms with E-state index in [1.807, 2.05) is 48.5 Å². The summed E-state index contributed by atoms with van der Waals surface area (Å²) in [6.07, 6.45) is 0.890. The smallest absolute Gasteiger partial charge is 0.174 e. The first-order chi connectivity index (χ1) is 15.1. The lowest BCUT2D eigenvalue weighted by molar-refractivity contribution is 0.335. The molecule has 1 heterocycles. The Labute approximate surface area is 191 Å². The molecule has 0 saturated carbocycles. The number of benzene rings is 4. The Morgan fingerprint density at radius 3 is 2.52 bits per heavy atom. The minimum Gasteiger partial charge on any atom is -0.508 e. The van der Waals surface area contributed by atoms with Gasteiger partial charge in [-0.15, -0.1) is 0 Å². The van der Waals surface area contributed by atoms with Crippen molar-refractivity contribution in [3.05, 3.63) is 107 Å². The highest BCUT2D eigenvalue weighted by atomic mass is 35.5. The largest absolute Gasteiger partial charge is 0.508 e. The summed E-state index contributed by atoms with van der Waals surface area (Å²) in [5, 5.41) is 17.8. The highest BCUT2D eigenvalue weighted by Gasteiger charge is 2.33. The number of halogens is 1. The number of phenols is 1. The van der Waals surface area contributed by atoms with E-state index in [-0.39, 0.29) is 11.8 Å². The van der Waals surface area contributed by atoms with Crippen molar-refractivity contribution < 1.29 is 5.11 Å². The minimum atomic E-state index is -0.191. The molecule has 1 aliphatic rings. The third kappa shape index (κ3) is 3.73. The van der Waals surface area contributed by atoms with Crippen LogP contribution in [0.1, 0.15) is 22.7 Å². The first kappa shape index (κ1) is 19.9. The second-order valence-corrected chi connectivity index (χ2v) is 8.52. The molecule has 4 aromatic rings. The second kappa shape index (κ2) is 8.22. The van der Waals surface area contributed by atoms with Crippen LogP contribution in [0.2, 0.25) is 5.02 Å². The molecule has 0 amide bonds. The van der Waals surface area contributed by atoms with Crippen molar-refractivity contribution in [1.82, 2.24) is 4.90 Å². The molecule has 0 aromatic heterocycles. The first-order valence-electron chi connectivity index (χ1n) is 10.2. The van der Waals surface area contributed by atoms with Crippen LogP contribution in [0.15, 0.2) is 84.9 Å². The van der Waals surface area contributed by atoms with Crippen LogP contribution in [0.25, 0.3) is 10.8 Å². The van der Waals surface area contributed by atoms with Crippen molar-refractivity contribution in [2.45, 2.75) is 12.5 Å². The fourth-order valence-corrected chi connectivity index (χ4v) is 4.84. The van der Waals surface area contributed by atoms with E-state index in [9.17, 15) is 5.11 Å². The number of aromatic hydroxyl groups is 1. The van der Waals surface area contributed by atoms with Crippen LogP contribution in [-0.4, -0.2) is 21.7 Å². The van der Waals surface area contributed by atoms with Gasteiger partial charge in [0.15, 0.2) is 5.11 Å². The fraction of sp³-hybridized carbons (Fsp3) is 0.115. The number of thiocarbonyl (C=S) groups is 1. The summed E-state index contributed by atoms with van der Waals surface area (Å²) in [5.41, 5.74) is 4.21. The first-order valence-corrected chi connectivity index (χ1v) is 11.0. The number of nitrogens with one attached hydrogen (secondary N) is 1. The van der Waals surface area contributed by atoms with Crippen LogP contribution in [0, 0.1) is 0 Å². The molecule has 3 nitrogen and oxygen atoms in total. The van der Waals surface area contributed by atoms with E-state index in [0.29, 0.717) is 10.1 Å². The summed E-state index contributed by atoms with van der Waals surface area (Å²) >= 11 is 11.9. The summed E-state index contributed by atoms with van der Waals surface area (Å²) in [6.45, 7) is 0.754. The van der Waals surface area contributed by atoms with Gasteiger partial charge in [-0.1, -0.05) is 66.2 Å². The van der Waals surface area contributed by atoms with Gasteiger partial charge in [-0.25, -0.2) is 0 Å². The Hall–Kier alpha value is -3.08. The quantitative estimate of drug-likeness (QED) is 0.344. The molecule has 0 bridgehead atoms. The minimum absolute atomic E-state index is 0.191. The lowest BCUT2D eigenvalue weighted by Crippen LogP contribution is -2.42. The van der Waals surface area contributed by atoms with Crippen molar-refractivity contribution in [2.24, 2.45) is 0 Å². The highest BCUT2D eigenvalue weighted by Crippen LogP contribution is 2.42. The van der Waals surface area contributed by atoms with Crippen LogP contribution in [0.3, 0.4) is 0 Å². The number of rotatable bonds is 2. The van der Waals surface area contributed by atoms with Gasteiger partial charge in [0.25, 0.3) is 0 Å². The molecule has 1 aliphatic heterocycles. The molecule has 0 spiro atoms. The van der Waals surface area contributed by atoms with Crippen molar-refractivity contribution in [1.29, 1.82) is 0 Å². The standard InChI is InChI=1S/C26H21ClN2OS/c27-19-10-12-20(13-11-19)28-26(31)29-16-15-18-6-2-4-8-22(18)25(29)24-21-7-3-1-5-17(21)9-14-23(24)30/h1-14,25,30H,15-16H2,(H,28,31). The van der Waals surface area contributed by atoms with E-state index >= 15 is 0 Å². The predicted octanol–water partition coefficient (Wildman–Crippen LogP) is 6.54. The van der Waals surface area contributed by atoms with Crippen LogP contribution in [0.5, 0.6) is 5.75 Å². The van der Waals surface area contributed by atoms with Gasteiger partial charge in [0, 0.05) is 22.8 Å². The van der Waals surface area contributed by atoms with E-state index in [1.54, 1.807) is 6.07 Å². The number of anilines is 1. The van der Waals surface area contributed by atoms with E-state index in [1.165, 1.54) is 11.1 Å². The van der Waals surface area contributed by atoms with Gasteiger partial charge < -0.3 is 15.3 Å². The Kier molecular flexibility index (Phi) is 5.26. The molecule has 0 fully saturated rings. The third-order valence-corrected chi connectivity index (χ3v) is 6.45. The molecule has 0 aliphatic carbocycles. The van der Waals surface area contributed by atoms with Gasteiger partial charge in [0.1, 0.15) is 5.75 Å². The Bertz CT molecular complexity index is 1270. The Morgan fingerprint density at radius 2 is 1.68 bits per heavy atom. The molecule has 154 valence electrons. The zero-order valence-electron chi connectivity index (χ0n) is 16.8. The molecule has 0 radical (unpaired) electrons. The van der Waals surface area contributed by atoms with E-state index in [0.717, 1.165) is 35.0 Å². The molecule has 4 aromatic carbocycles. The van der Waals surface area contributed by atoms with Crippen molar-refractivity contribution in [2.75, 3.05) is 11.9 Å². The molecule has 5 rings (SSSR count). The summed E-state index contributed by atoms with van der Waals surface area (Å²) in [5.74, 6) is 0.277. The monoisotopic (exact) mass is 444 g/mol. The average Bonchev–Trinajstić information content (AvgIpc) is 2.80. The normalized spacial score (nSPS) is 15.5. The molecular formula is C26H21ClN2OS. The zero-order chi connectivity index (χ0) is 21.4. The maximum atomic E-state index is 11.0. The molecule has 5 heteroatoms. The lowest BCUT2D eigenvalue weighted by atomic mass is 9.85. The number of fused-ring (bicyclic) bond motifs is 2. The van der Waals surface area contributed by atoms with Crippen LogP contribution < -0.4 is 5.32 Å². The zero-order valence-corrected chi connectivity index (χ0v) is 18.3. The molecule has 31 heavy (non-hydrogen) atoms. The van der Waals surface area contributed by atoms with Crippen LogP contribution in [0.4, 0.5) is 5.69 Å². The highest BCUT2D eigenvalue weighted by molar-refractivity contribution is 7.80. The summed E-state index contributed by atoms with van der Waals surface area (Å²) in [4.78, 5) is 2.17. The van der Waals surface area contributed by atoms with Gasteiger partial charge in [-0.05, 0) is 70.9 Å². The van der Waals surface area contributed by atoms with Crippen LogP contribution >= 0.6 is 23.8 Å². The van der Waals surface area contributed by atoms with Gasteiger partial charge in [-0.3, -0.25) is 0 Å². The Morgan fingerprint density at radius 1 is 0.935 bits per heavy atom. The van der Waals surface area contributed by atoms with E-state index in [2.05, 4.69) is 40.5 Å². The average molecular weight is 445 g/mol. The predicted molar refractivity (Wildman–Crippen MR) is 132 cm³/mol. The second-order valence-electron chi connectivity index (χ2n) is 7.70. The maximum Gasteiger partial charge on any atom is 0.174 e. The van der Waals surface area contributed by atoms with Crippen molar-refractivity contribution in [3.8, 4) is 5.75 Å². The van der Waals surface area contributed by atoms with Crippen LogP contribution in [-0.2, 0) is 6.42 Å². The van der Waals surface area contributed by atoms with Gasteiger partial charge in [0.2, 0.25) is 0 Å². The number of nitrogens with zero attached hydrogens (tertiary/aromatic N) is 1. The van der Waals surface area contributed by atoms with Gasteiger partial charge in [0.05, 0.1) is 6.04 Å². The molecule has 0 saturated heterocycles. The van der Waals surface area contributed by atoms with Gasteiger partial charge in [-0.2, -0.15) is 0 Å². The third-order valence-electron chi connectivity index (χ3n) is 5.86. The molecule has 1 unspecified atom stereocenters. The number of hydrogen-bond acceptors (Lipinski definition) is 2. The maximum absolute atomic E-state index is 11.0. The lowest BCUT2D eigenvalue weighted by Gasteiger charge is -2.40. The van der Waals surface area contributed by atoms with E-state index < -0.39 is 0 Å². The summed E-state index contributed by atoms with van der Waals surface area (Å²) in [7, 11) is 0. The molecule has 1 atom stereocenters. The molecular weight excluding hydrogens is 424 g/mol. The summed E-state index contributed by atoms with van der Waals surface area (Å²) < 4.78 is 0. The van der Waals surface area contributed by atoms with Crippen molar-refractivity contribution >= 4 is 45.4 Å².